The summed E-state index contributed by atoms with van der Waals surface area (Å²) in [6.07, 6.45) is 0. The zero-order valence-electron chi connectivity index (χ0n) is 23.1. The monoisotopic (exact) mass is 649 g/mol. The van der Waals surface area contributed by atoms with Gasteiger partial charge in [-0.1, -0.05) is 52.9 Å². The number of amides is 3. The first-order valence-electron chi connectivity index (χ1n) is 13.6. The van der Waals surface area contributed by atoms with Crippen molar-refractivity contribution in [1.29, 1.82) is 0 Å². The second-order valence-electron chi connectivity index (χ2n) is 10.1. The van der Waals surface area contributed by atoms with Gasteiger partial charge in [-0.3, -0.25) is 23.7 Å². The lowest BCUT2D eigenvalue weighted by atomic mass is 9.82. The van der Waals surface area contributed by atoms with Crippen LogP contribution in [0.25, 0.3) is 0 Å². The van der Waals surface area contributed by atoms with Crippen molar-refractivity contribution >= 4 is 69.8 Å². The van der Waals surface area contributed by atoms with E-state index in [0.29, 0.717) is 26.2 Å². The number of carbonyl (C=O) groups excluding carboxylic acids is 4. The molecule has 3 atom stereocenters. The molecule has 0 spiro atoms. The van der Waals surface area contributed by atoms with Crippen molar-refractivity contribution in [3.63, 3.8) is 0 Å². The summed E-state index contributed by atoms with van der Waals surface area (Å²) < 4.78 is 6.33. The lowest BCUT2D eigenvalue weighted by molar-refractivity contribution is -0.122. The number of hydrogen-bond acceptors (Lipinski definition) is 9. The first kappa shape index (κ1) is 29.7. The van der Waals surface area contributed by atoms with Gasteiger partial charge < -0.3 is 15.2 Å². The molecule has 0 radical (unpaired) electrons. The number of carbonyl (C=O) groups is 4. The number of para-hydroxylation sites is 1. The lowest BCUT2D eigenvalue weighted by Crippen LogP contribution is -2.33. The minimum Gasteiger partial charge on any atom is -0.508 e. The second-order valence-corrected chi connectivity index (χ2v) is 12.6. The van der Waals surface area contributed by atoms with Crippen LogP contribution < -0.4 is 15.1 Å². The first-order chi connectivity index (χ1) is 21.2. The number of aromatic nitrogens is 1. The Kier molecular flexibility index (Phi) is 8.06. The van der Waals surface area contributed by atoms with Gasteiger partial charge in [-0.15, -0.1) is 0 Å². The summed E-state index contributed by atoms with van der Waals surface area (Å²) in [4.78, 5) is 67.5. The van der Waals surface area contributed by atoms with Crippen molar-refractivity contribution < 1.29 is 29.0 Å². The SMILES string of the molecule is CCOC(=O)c1ccc(N2C(=O)C3Sc4c(sc(=O)n4CC(=O)Nc4ccc(Cl)cc4)C(c4ccccc4O)C3C2=O)cc1. The van der Waals surface area contributed by atoms with E-state index in [1.807, 2.05) is 0 Å². The fourth-order valence-electron chi connectivity index (χ4n) is 5.43. The number of esters is 1. The zero-order valence-corrected chi connectivity index (χ0v) is 25.4. The van der Waals surface area contributed by atoms with E-state index in [2.05, 4.69) is 5.32 Å². The van der Waals surface area contributed by atoms with Crippen LogP contribution >= 0.6 is 34.7 Å². The van der Waals surface area contributed by atoms with Crippen LogP contribution in [-0.4, -0.2) is 45.2 Å². The molecule has 0 saturated carbocycles. The lowest BCUT2D eigenvalue weighted by Gasteiger charge is -2.31. The number of thiazole rings is 1. The third-order valence-electron chi connectivity index (χ3n) is 7.39. The molecule has 3 aromatic carbocycles. The molecule has 3 heterocycles. The van der Waals surface area contributed by atoms with Crippen molar-refractivity contribution in [3.05, 3.63) is 103 Å². The third-order valence-corrected chi connectivity index (χ3v) is 10.2. The van der Waals surface area contributed by atoms with Crippen LogP contribution in [-0.2, 0) is 25.7 Å². The summed E-state index contributed by atoms with van der Waals surface area (Å²) >= 11 is 7.88. The molecule has 3 unspecified atom stereocenters. The van der Waals surface area contributed by atoms with E-state index < -0.39 is 45.6 Å². The van der Waals surface area contributed by atoms with Gasteiger partial charge in [0.2, 0.25) is 17.7 Å². The number of phenolic OH excluding ortho intramolecular Hbond substituents is 1. The van der Waals surface area contributed by atoms with Crippen molar-refractivity contribution in [2.24, 2.45) is 5.92 Å². The quantitative estimate of drug-likeness (QED) is 0.214. The third kappa shape index (κ3) is 5.29. The molecule has 3 amide bonds. The Morgan fingerprint density at radius 3 is 2.36 bits per heavy atom. The van der Waals surface area contributed by atoms with Crippen LogP contribution in [0, 0.1) is 5.92 Å². The molecule has 0 bridgehead atoms. The summed E-state index contributed by atoms with van der Waals surface area (Å²) in [7, 11) is 0. The molecule has 4 aromatic rings. The number of rotatable bonds is 7. The molecule has 0 aliphatic carbocycles. The molecule has 2 aliphatic rings. The van der Waals surface area contributed by atoms with E-state index >= 15 is 0 Å². The molecule has 224 valence electrons. The Bertz CT molecular complexity index is 1850. The Morgan fingerprint density at radius 2 is 1.68 bits per heavy atom. The highest BCUT2D eigenvalue weighted by atomic mass is 35.5. The van der Waals surface area contributed by atoms with Crippen molar-refractivity contribution in [1.82, 2.24) is 4.57 Å². The first-order valence-corrected chi connectivity index (χ1v) is 15.6. The van der Waals surface area contributed by atoms with E-state index in [4.69, 9.17) is 16.3 Å². The minimum atomic E-state index is -0.941. The van der Waals surface area contributed by atoms with Gasteiger partial charge in [-0.25, -0.2) is 9.69 Å². The maximum Gasteiger partial charge on any atom is 0.338 e. The van der Waals surface area contributed by atoms with E-state index in [1.165, 1.54) is 34.9 Å². The number of thioether (sulfide) groups is 1. The number of halogens is 1. The normalized spacial score (nSPS) is 19.0. The van der Waals surface area contributed by atoms with Crippen LogP contribution in [0.3, 0.4) is 0 Å². The average Bonchev–Trinajstić information content (AvgIpc) is 3.45. The van der Waals surface area contributed by atoms with E-state index in [1.54, 1.807) is 49.4 Å². The van der Waals surface area contributed by atoms with Crippen molar-refractivity contribution in [3.8, 4) is 5.75 Å². The summed E-state index contributed by atoms with van der Waals surface area (Å²) in [5.74, 6) is -3.83. The zero-order chi connectivity index (χ0) is 31.1. The van der Waals surface area contributed by atoms with Gasteiger partial charge in [0.05, 0.1) is 28.8 Å². The topological polar surface area (TPSA) is 135 Å². The molecular weight excluding hydrogens is 626 g/mol. The Morgan fingerprint density at radius 1 is 0.977 bits per heavy atom. The van der Waals surface area contributed by atoms with Gasteiger partial charge in [0, 0.05) is 27.1 Å². The van der Waals surface area contributed by atoms with E-state index in [9.17, 15) is 29.1 Å². The number of aromatic hydroxyl groups is 1. The number of nitrogens with one attached hydrogen (secondary N) is 1. The standard InChI is InChI=1S/C31H24ClN3O7S2/c1-2-42-30(40)16-7-13-19(14-8-16)35-27(38)24-23(20-5-3-4-6-21(20)36)26-29(43-25(24)28(35)39)34(31(41)44-26)15-22(37)33-18-11-9-17(32)10-12-18/h3-14,23-25,36H,2,15H2,1H3,(H,33,37). The number of fused-ring (bicyclic) bond motifs is 2. The Hall–Kier alpha value is -4.39. The van der Waals surface area contributed by atoms with Crippen LogP contribution in [0.5, 0.6) is 5.75 Å². The molecule has 44 heavy (non-hydrogen) atoms. The predicted molar refractivity (Wildman–Crippen MR) is 167 cm³/mol. The van der Waals surface area contributed by atoms with Crippen molar-refractivity contribution in [2.45, 2.75) is 29.7 Å². The molecular formula is C31H24ClN3O7S2. The number of nitrogens with zero attached hydrogens (tertiary/aromatic N) is 2. The van der Waals surface area contributed by atoms with E-state index in [-0.39, 0.29) is 30.2 Å². The van der Waals surface area contributed by atoms with Gasteiger partial charge in [0.15, 0.2) is 0 Å². The molecule has 1 aromatic heterocycles. The van der Waals surface area contributed by atoms with Crippen LogP contribution in [0.4, 0.5) is 11.4 Å². The molecule has 10 nitrogen and oxygen atoms in total. The molecule has 6 rings (SSSR count). The highest BCUT2D eigenvalue weighted by Gasteiger charge is 2.57. The highest BCUT2D eigenvalue weighted by molar-refractivity contribution is 8.00. The van der Waals surface area contributed by atoms with Crippen LogP contribution in [0.1, 0.15) is 33.6 Å². The smallest absolute Gasteiger partial charge is 0.338 e. The van der Waals surface area contributed by atoms with Gasteiger partial charge >= 0.3 is 10.8 Å². The number of benzene rings is 3. The largest absolute Gasteiger partial charge is 0.508 e. The summed E-state index contributed by atoms with van der Waals surface area (Å²) in [6.45, 7) is 1.57. The molecule has 2 N–H and O–H groups in total. The Balaban J connectivity index is 1.38. The number of anilines is 2. The maximum absolute atomic E-state index is 14.0. The van der Waals surface area contributed by atoms with Crippen LogP contribution in [0.15, 0.2) is 82.6 Å². The molecule has 2 aliphatic heterocycles. The predicted octanol–water partition coefficient (Wildman–Crippen LogP) is 4.88. The van der Waals surface area contributed by atoms with E-state index in [0.717, 1.165) is 28.0 Å². The number of hydrogen-bond donors (Lipinski definition) is 2. The fourth-order valence-corrected chi connectivity index (χ4v) is 8.32. The number of imide groups is 1. The number of phenols is 1. The summed E-state index contributed by atoms with van der Waals surface area (Å²) in [6, 6.07) is 19.0. The maximum atomic E-state index is 14.0. The highest BCUT2D eigenvalue weighted by Crippen LogP contribution is 2.55. The summed E-state index contributed by atoms with van der Waals surface area (Å²) in [5.41, 5.74) is 1.44. The summed E-state index contributed by atoms with van der Waals surface area (Å²) in [5, 5.41) is 13.6. The molecule has 1 saturated heterocycles. The number of ether oxygens (including phenoxy) is 1. The van der Waals surface area contributed by atoms with Gasteiger partial charge in [-0.2, -0.15) is 0 Å². The van der Waals surface area contributed by atoms with Gasteiger partial charge in [0.25, 0.3) is 0 Å². The fraction of sp³-hybridized carbons (Fsp3) is 0.194. The van der Waals surface area contributed by atoms with Crippen molar-refractivity contribution in [2.75, 3.05) is 16.8 Å². The molecule has 1 fully saturated rings. The van der Waals surface area contributed by atoms with Gasteiger partial charge in [0.1, 0.15) is 17.5 Å². The van der Waals surface area contributed by atoms with Gasteiger partial charge in [-0.05, 0) is 61.5 Å². The second kappa shape index (κ2) is 11.9. The average molecular weight is 650 g/mol. The van der Waals surface area contributed by atoms with Crippen LogP contribution in [0.2, 0.25) is 5.02 Å². The Labute approximate surface area is 264 Å². The molecule has 13 heteroatoms. The minimum absolute atomic E-state index is 0.0838.